The Morgan fingerprint density at radius 1 is 1.08 bits per heavy atom. The molecular weight excluding hydrogens is 474 g/mol. The summed E-state index contributed by atoms with van der Waals surface area (Å²) in [5, 5.41) is 12.1. The van der Waals surface area contributed by atoms with Crippen LogP contribution in [0.5, 0.6) is 23.1 Å². The lowest BCUT2D eigenvalue weighted by Crippen LogP contribution is -2.49. The third kappa shape index (κ3) is 4.76. The molecule has 1 amide bonds. The lowest BCUT2D eigenvalue weighted by atomic mass is 10.1. The molecule has 1 aliphatic heterocycles. The lowest BCUT2D eigenvalue weighted by Gasteiger charge is -2.34. The van der Waals surface area contributed by atoms with E-state index in [0.717, 1.165) is 6.33 Å². The van der Waals surface area contributed by atoms with Crippen LogP contribution in [-0.2, 0) is 0 Å². The molecule has 3 aromatic rings. The molecule has 0 atom stereocenters. The number of ether oxygens (including phenoxy) is 3. The summed E-state index contributed by atoms with van der Waals surface area (Å²) in [6, 6.07) is 6.11. The van der Waals surface area contributed by atoms with E-state index in [0.29, 0.717) is 31.7 Å². The quantitative estimate of drug-likeness (QED) is 0.257. The number of aromatic nitrogens is 2. The van der Waals surface area contributed by atoms with Crippen LogP contribution in [0.15, 0.2) is 41.3 Å². The minimum atomic E-state index is -0.631. The van der Waals surface area contributed by atoms with Crippen LogP contribution >= 0.6 is 0 Å². The summed E-state index contributed by atoms with van der Waals surface area (Å²) in [5.74, 6) is -0.234. The fourth-order valence-corrected chi connectivity index (χ4v) is 3.78. The van der Waals surface area contributed by atoms with Crippen molar-refractivity contribution < 1.29 is 33.1 Å². The summed E-state index contributed by atoms with van der Waals surface area (Å²) in [6.45, 7) is 2.60. The number of anilines is 1. The zero-order valence-corrected chi connectivity index (χ0v) is 19.8. The second-order valence-corrected chi connectivity index (χ2v) is 7.73. The summed E-state index contributed by atoms with van der Waals surface area (Å²) < 4.78 is 21.7. The van der Waals surface area contributed by atoms with Gasteiger partial charge in [-0.25, -0.2) is 4.98 Å². The first-order valence-corrected chi connectivity index (χ1v) is 10.9. The van der Waals surface area contributed by atoms with E-state index < -0.39 is 10.6 Å². The summed E-state index contributed by atoms with van der Waals surface area (Å²) in [6.07, 6.45) is 2.58. The number of hydrogen-bond donors (Lipinski definition) is 0. The molecule has 0 unspecified atom stereocenters. The second kappa shape index (κ2) is 10.3. The molecule has 13 heteroatoms. The monoisotopic (exact) mass is 497 g/mol. The maximum Gasteiger partial charge on any atom is 0.373 e. The van der Waals surface area contributed by atoms with E-state index in [1.807, 2.05) is 0 Å². The maximum atomic E-state index is 12.5. The van der Waals surface area contributed by atoms with Gasteiger partial charge in [0.2, 0.25) is 11.6 Å². The van der Waals surface area contributed by atoms with Crippen molar-refractivity contribution in [3.05, 3.63) is 58.3 Å². The molecule has 1 fully saturated rings. The van der Waals surface area contributed by atoms with E-state index in [1.165, 1.54) is 39.5 Å². The van der Waals surface area contributed by atoms with Gasteiger partial charge in [-0.1, -0.05) is 0 Å². The van der Waals surface area contributed by atoms with Crippen LogP contribution in [0.4, 0.5) is 11.5 Å². The first-order valence-electron chi connectivity index (χ1n) is 10.9. The van der Waals surface area contributed by atoms with Crippen LogP contribution in [0, 0.1) is 10.1 Å². The zero-order valence-electron chi connectivity index (χ0n) is 19.8. The Morgan fingerprint density at radius 3 is 2.28 bits per heavy atom. The molecule has 4 rings (SSSR count). The predicted molar refractivity (Wildman–Crippen MR) is 125 cm³/mol. The molecule has 0 spiro atoms. The zero-order chi connectivity index (χ0) is 25.8. The van der Waals surface area contributed by atoms with Gasteiger partial charge in [-0.15, -0.1) is 0 Å². The predicted octanol–water partition coefficient (Wildman–Crippen LogP) is 2.95. The number of nitro groups is 1. The van der Waals surface area contributed by atoms with Crippen LogP contribution < -0.4 is 19.1 Å². The number of carbonyl (C=O) groups is 2. The Kier molecular flexibility index (Phi) is 6.99. The average molecular weight is 497 g/mol. The highest BCUT2D eigenvalue weighted by Crippen LogP contribution is 2.44. The lowest BCUT2D eigenvalue weighted by molar-refractivity contribution is -0.385. The number of benzene rings is 1. The molecule has 0 N–H and O–H groups in total. The topological polar surface area (TPSA) is 150 Å². The maximum absolute atomic E-state index is 12.5. The van der Waals surface area contributed by atoms with E-state index in [4.69, 9.17) is 18.6 Å². The molecule has 0 radical (unpaired) electrons. The largest absolute Gasteiger partial charge is 0.493 e. The number of rotatable bonds is 8. The highest BCUT2D eigenvalue weighted by atomic mass is 16.6. The van der Waals surface area contributed by atoms with Gasteiger partial charge in [0.05, 0.1) is 25.4 Å². The van der Waals surface area contributed by atoms with Gasteiger partial charge in [-0.2, -0.15) is 4.98 Å². The Hall–Kier alpha value is -4.68. The highest BCUT2D eigenvalue weighted by molar-refractivity contribution is 5.95. The van der Waals surface area contributed by atoms with Gasteiger partial charge in [-0.3, -0.25) is 19.7 Å². The molecule has 0 bridgehead atoms. The van der Waals surface area contributed by atoms with Gasteiger partial charge in [0.25, 0.3) is 5.91 Å². The molecule has 0 aliphatic carbocycles. The number of carbonyl (C=O) groups excluding carboxylic acids is 2. The molecular formula is C23H23N5O8. The number of piperazine rings is 1. The number of furan rings is 1. The molecule has 1 saturated heterocycles. The standard InChI is InChI=1S/C23H23N5O8/c1-14(29)15-11-17(33-2)20(18(12-15)34-3)36-22-19(28(31)32)21(24-13-25-22)26-6-8-27(9-7-26)23(30)16-5-4-10-35-16/h4-5,10-13H,6-9H2,1-3H3. The molecule has 1 aromatic carbocycles. The van der Waals surface area contributed by atoms with Crippen molar-refractivity contribution >= 4 is 23.2 Å². The van der Waals surface area contributed by atoms with Crippen molar-refractivity contribution in [3.8, 4) is 23.1 Å². The van der Waals surface area contributed by atoms with Gasteiger partial charge in [0.1, 0.15) is 6.33 Å². The van der Waals surface area contributed by atoms with Gasteiger partial charge in [0.15, 0.2) is 23.0 Å². The van der Waals surface area contributed by atoms with Crippen molar-refractivity contribution in [1.29, 1.82) is 0 Å². The van der Waals surface area contributed by atoms with Gasteiger partial charge in [0, 0.05) is 31.7 Å². The Morgan fingerprint density at radius 2 is 1.75 bits per heavy atom. The smallest absolute Gasteiger partial charge is 0.373 e. The fraction of sp³-hybridized carbons (Fsp3) is 0.304. The first-order chi connectivity index (χ1) is 17.3. The molecule has 188 valence electrons. The second-order valence-electron chi connectivity index (χ2n) is 7.73. The number of hydrogen-bond acceptors (Lipinski definition) is 11. The summed E-state index contributed by atoms with van der Waals surface area (Å²) >= 11 is 0. The Bertz CT molecular complexity index is 1260. The van der Waals surface area contributed by atoms with E-state index in [2.05, 4.69) is 9.97 Å². The third-order valence-electron chi connectivity index (χ3n) is 5.62. The fourth-order valence-electron chi connectivity index (χ4n) is 3.78. The molecule has 3 heterocycles. The van der Waals surface area contributed by atoms with Crippen molar-refractivity contribution in [3.63, 3.8) is 0 Å². The summed E-state index contributed by atoms with van der Waals surface area (Å²) in [7, 11) is 2.74. The van der Waals surface area contributed by atoms with E-state index >= 15 is 0 Å². The number of nitrogens with zero attached hydrogens (tertiary/aromatic N) is 5. The van der Waals surface area contributed by atoms with E-state index in [9.17, 15) is 19.7 Å². The number of methoxy groups -OCH3 is 2. The molecule has 0 saturated carbocycles. The number of ketones is 1. The Balaban J connectivity index is 1.63. The number of amides is 1. The van der Waals surface area contributed by atoms with Crippen molar-refractivity contribution in [2.45, 2.75) is 6.92 Å². The van der Waals surface area contributed by atoms with Gasteiger partial charge >= 0.3 is 11.6 Å². The summed E-state index contributed by atoms with van der Waals surface area (Å²) in [5.41, 5.74) is -0.140. The molecule has 2 aromatic heterocycles. The van der Waals surface area contributed by atoms with Crippen LogP contribution in [0.2, 0.25) is 0 Å². The Labute approximate surface area is 205 Å². The molecule has 1 aliphatic rings. The van der Waals surface area contributed by atoms with E-state index in [1.54, 1.807) is 21.9 Å². The van der Waals surface area contributed by atoms with Crippen molar-refractivity contribution in [1.82, 2.24) is 14.9 Å². The summed E-state index contributed by atoms with van der Waals surface area (Å²) in [4.78, 5) is 47.2. The molecule has 13 nitrogen and oxygen atoms in total. The third-order valence-corrected chi connectivity index (χ3v) is 5.62. The average Bonchev–Trinajstić information content (AvgIpc) is 3.43. The van der Waals surface area contributed by atoms with Crippen molar-refractivity contribution in [2.75, 3.05) is 45.3 Å². The van der Waals surface area contributed by atoms with Crippen LogP contribution in [0.1, 0.15) is 27.8 Å². The normalized spacial score (nSPS) is 13.3. The van der Waals surface area contributed by atoms with Crippen LogP contribution in [0.3, 0.4) is 0 Å². The van der Waals surface area contributed by atoms with Crippen LogP contribution in [-0.4, -0.2) is 71.9 Å². The minimum absolute atomic E-state index is 0.0200. The first kappa shape index (κ1) is 24.4. The minimum Gasteiger partial charge on any atom is -0.493 e. The number of Topliss-reactive ketones (excluding diaryl/α,β-unsaturated/α-hetero) is 1. The van der Waals surface area contributed by atoms with Crippen molar-refractivity contribution in [2.24, 2.45) is 0 Å². The van der Waals surface area contributed by atoms with E-state index in [-0.39, 0.29) is 46.4 Å². The SMILES string of the molecule is COc1cc(C(C)=O)cc(OC)c1Oc1ncnc(N2CCN(C(=O)c3ccco3)CC2)c1[N+](=O)[O-]. The van der Waals surface area contributed by atoms with Crippen LogP contribution in [0.25, 0.3) is 0 Å². The van der Waals surface area contributed by atoms with Gasteiger partial charge in [-0.05, 0) is 31.2 Å². The highest BCUT2D eigenvalue weighted by Gasteiger charge is 2.33. The van der Waals surface area contributed by atoms with Gasteiger partial charge < -0.3 is 28.4 Å². The molecule has 36 heavy (non-hydrogen) atoms.